The number of nitrogen functional groups attached to an aromatic ring is 1. The first-order valence-corrected chi connectivity index (χ1v) is 4.75. The third-order valence-electron chi connectivity index (χ3n) is 1.63. The summed E-state index contributed by atoms with van der Waals surface area (Å²) in [5.41, 5.74) is 7.39. The third-order valence-corrected chi connectivity index (χ3v) is 2.32. The van der Waals surface area contributed by atoms with Crippen LogP contribution in [-0.4, -0.2) is 4.98 Å². The van der Waals surface area contributed by atoms with E-state index in [1.807, 2.05) is 29.6 Å². The zero-order valence-corrected chi connectivity index (χ0v) is 7.71. The van der Waals surface area contributed by atoms with Crippen molar-refractivity contribution < 1.29 is 0 Å². The molecule has 0 atom stereocenters. The molecule has 1 aromatic heterocycles. The van der Waals surface area contributed by atoms with E-state index >= 15 is 0 Å². The monoisotopic (exact) mass is 191 g/mol. The number of para-hydroxylation sites is 2. The Hall–Kier alpha value is -1.55. The fourth-order valence-electron chi connectivity index (χ4n) is 1.01. The van der Waals surface area contributed by atoms with Gasteiger partial charge in [-0.2, -0.15) is 0 Å². The van der Waals surface area contributed by atoms with Crippen molar-refractivity contribution in [3.05, 3.63) is 35.8 Å². The maximum atomic E-state index is 5.75. The lowest BCUT2D eigenvalue weighted by molar-refractivity contribution is 1.39. The molecule has 0 aliphatic carbocycles. The van der Waals surface area contributed by atoms with Gasteiger partial charge in [-0.3, -0.25) is 0 Å². The highest BCUT2D eigenvalue weighted by molar-refractivity contribution is 7.13. The number of hydrogen-bond acceptors (Lipinski definition) is 4. The van der Waals surface area contributed by atoms with Gasteiger partial charge in [0.1, 0.15) is 0 Å². The minimum Gasteiger partial charge on any atom is -0.397 e. The summed E-state index contributed by atoms with van der Waals surface area (Å²) in [4.78, 5) is 4.10. The lowest BCUT2D eigenvalue weighted by Crippen LogP contribution is -1.94. The number of hydrogen-bond donors (Lipinski definition) is 2. The summed E-state index contributed by atoms with van der Waals surface area (Å²) in [6.07, 6.45) is 1.76. The molecule has 0 fully saturated rings. The first-order valence-electron chi connectivity index (χ1n) is 3.87. The fraction of sp³-hybridized carbons (Fsp3) is 0. The maximum absolute atomic E-state index is 5.75. The lowest BCUT2D eigenvalue weighted by atomic mass is 10.3. The number of nitrogens with one attached hydrogen (secondary N) is 1. The van der Waals surface area contributed by atoms with E-state index in [2.05, 4.69) is 10.3 Å². The molecule has 0 saturated heterocycles. The normalized spacial score (nSPS) is 9.85. The molecule has 0 radical (unpaired) electrons. The van der Waals surface area contributed by atoms with Crippen LogP contribution in [0.5, 0.6) is 0 Å². The molecule has 3 nitrogen and oxygen atoms in total. The Kier molecular flexibility index (Phi) is 2.14. The summed E-state index contributed by atoms with van der Waals surface area (Å²) >= 11 is 1.55. The van der Waals surface area contributed by atoms with Crippen molar-refractivity contribution in [3.63, 3.8) is 0 Å². The molecule has 0 spiro atoms. The van der Waals surface area contributed by atoms with Crippen LogP contribution in [-0.2, 0) is 0 Å². The van der Waals surface area contributed by atoms with Crippen LogP contribution in [0.2, 0.25) is 0 Å². The quantitative estimate of drug-likeness (QED) is 0.717. The molecule has 0 unspecified atom stereocenters. The predicted molar refractivity (Wildman–Crippen MR) is 56.3 cm³/mol. The number of nitrogens with zero attached hydrogens (tertiary/aromatic N) is 1. The summed E-state index contributed by atoms with van der Waals surface area (Å²) < 4.78 is 0. The first kappa shape index (κ1) is 8.07. The zero-order valence-electron chi connectivity index (χ0n) is 6.90. The number of anilines is 3. The number of benzene rings is 1. The SMILES string of the molecule is Nc1ccccc1Nc1nccs1. The molecular formula is C9H9N3S. The Balaban J connectivity index is 2.24. The molecule has 0 saturated carbocycles. The average Bonchev–Trinajstić information content (AvgIpc) is 2.61. The van der Waals surface area contributed by atoms with E-state index in [1.54, 1.807) is 17.5 Å². The Bertz CT molecular complexity index is 384. The van der Waals surface area contributed by atoms with Gasteiger partial charge in [-0.25, -0.2) is 4.98 Å². The van der Waals surface area contributed by atoms with Crippen LogP contribution in [0.3, 0.4) is 0 Å². The van der Waals surface area contributed by atoms with Gasteiger partial charge in [0.25, 0.3) is 0 Å². The van der Waals surface area contributed by atoms with Gasteiger partial charge in [-0.05, 0) is 12.1 Å². The minimum absolute atomic E-state index is 0.734. The van der Waals surface area contributed by atoms with Crippen LogP contribution in [0.1, 0.15) is 0 Å². The predicted octanol–water partition coefficient (Wildman–Crippen LogP) is 2.47. The molecule has 4 heteroatoms. The van der Waals surface area contributed by atoms with Crippen molar-refractivity contribution in [3.8, 4) is 0 Å². The van der Waals surface area contributed by atoms with E-state index in [-0.39, 0.29) is 0 Å². The van der Waals surface area contributed by atoms with Gasteiger partial charge in [-0.1, -0.05) is 12.1 Å². The molecule has 0 aliphatic rings. The Labute approximate surface area is 80.2 Å². The van der Waals surface area contributed by atoms with Crippen LogP contribution >= 0.6 is 11.3 Å². The van der Waals surface area contributed by atoms with Crippen LogP contribution in [0.15, 0.2) is 35.8 Å². The fourth-order valence-corrected chi connectivity index (χ4v) is 1.55. The molecule has 2 rings (SSSR count). The zero-order chi connectivity index (χ0) is 9.10. The summed E-state index contributed by atoms with van der Waals surface area (Å²) in [6, 6.07) is 7.63. The number of rotatable bonds is 2. The van der Waals surface area contributed by atoms with Crippen molar-refractivity contribution in [2.45, 2.75) is 0 Å². The van der Waals surface area contributed by atoms with E-state index in [0.29, 0.717) is 0 Å². The van der Waals surface area contributed by atoms with Gasteiger partial charge in [0.2, 0.25) is 0 Å². The Morgan fingerprint density at radius 1 is 1.31 bits per heavy atom. The highest BCUT2D eigenvalue weighted by Gasteiger charge is 1.98. The Morgan fingerprint density at radius 3 is 2.85 bits per heavy atom. The number of nitrogens with two attached hydrogens (primary N) is 1. The van der Waals surface area contributed by atoms with Gasteiger partial charge >= 0.3 is 0 Å². The van der Waals surface area contributed by atoms with Gasteiger partial charge in [0, 0.05) is 11.6 Å². The van der Waals surface area contributed by atoms with E-state index in [4.69, 9.17) is 5.73 Å². The standard InChI is InChI=1S/C9H9N3S/c10-7-3-1-2-4-8(7)12-9-11-5-6-13-9/h1-6H,10H2,(H,11,12). The maximum Gasteiger partial charge on any atom is 0.187 e. The van der Waals surface area contributed by atoms with Crippen molar-refractivity contribution in [1.29, 1.82) is 0 Å². The molecule has 1 aromatic carbocycles. The van der Waals surface area contributed by atoms with Crippen molar-refractivity contribution in [2.24, 2.45) is 0 Å². The highest BCUT2D eigenvalue weighted by atomic mass is 32.1. The topological polar surface area (TPSA) is 50.9 Å². The van der Waals surface area contributed by atoms with Gasteiger partial charge < -0.3 is 11.1 Å². The second-order valence-electron chi connectivity index (χ2n) is 2.55. The van der Waals surface area contributed by atoms with Gasteiger partial charge in [-0.15, -0.1) is 11.3 Å². The highest BCUT2D eigenvalue weighted by Crippen LogP contribution is 2.23. The van der Waals surface area contributed by atoms with Crippen LogP contribution < -0.4 is 11.1 Å². The van der Waals surface area contributed by atoms with Crippen LogP contribution in [0.4, 0.5) is 16.5 Å². The average molecular weight is 191 g/mol. The summed E-state index contributed by atoms with van der Waals surface area (Å²) in [5, 5.41) is 5.91. The molecule has 0 aliphatic heterocycles. The van der Waals surface area contributed by atoms with E-state index < -0.39 is 0 Å². The second kappa shape index (κ2) is 3.45. The summed E-state index contributed by atoms with van der Waals surface area (Å²) in [7, 11) is 0. The van der Waals surface area contributed by atoms with E-state index in [0.717, 1.165) is 16.5 Å². The summed E-state index contributed by atoms with van der Waals surface area (Å²) in [6.45, 7) is 0. The van der Waals surface area contributed by atoms with E-state index in [9.17, 15) is 0 Å². The van der Waals surface area contributed by atoms with Crippen molar-refractivity contribution in [2.75, 3.05) is 11.1 Å². The van der Waals surface area contributed by atoms with E-state index in [1.165, 1.54) is 0 Å². The largest absolute Gasteiger partial charge is 0.397 e. The smallest absolute Gasteiger partial charge is 0.187 e. The molecule has 13 heavy (non-hydrogen) atoms. The van der Waals surface area contributed by atoms with Gasteiger partial charge in [0.05, 0.1) is 11.4 Å². The van der Waals surface area contributed by atoms with Crippen LogP contribution in [0.25, 0.3) is 0 Å². The summed E-state index contributed by atoms with van der Waals surface area (Å²) in [5.74, 6) is 0. The minimum atomic E-state index is 0.734. The molecule has 3 N–H and O–H groups in total. The Morgan fingerprint density at radius 2 is 2.15 bits per heavy atom. The van der Waals surface area contributed by atoms with Crippen molar-refractivity contribution >= 4 is 27.8 Å². The molecule has 0 amide bonds. The molecule has 0 bridgehead atoms. The van der Waals surface area contributed by atoms with Gasteiger partial charge in [0.15, 0.2) is 5.13 Å². The lowest BCUT2D eigenvalue weighted by Gasteiger charge is -2.04. The molecule has 2 aromatic rings. The van der Waals surface area contributed by atoms with Crippen LogP contribution in [0, 0.1) is 0 Å². The first-order chi connectivity index (χ1) is 6.36. The second-order valence-corrected chi connectivity index (χ2v) is 3.44. The molecule has 1 heterocycles. The molecule has 66 valence electrons. The number of thiazole rings is 1. The third kappa shape index (κ3) is 1.78. The number of aromatic nitrogens is 1. The van der Waals surface area contributed by atoms with Crippen molar-refractivity contribution in [1.82, 2.24) is 4.98 Å². The molecular weight excluding hydrogens is 182 g/mol.